The molecular formula is C24H29ClN4O3S2. The highest BCUT2D eigenvalue weighted by Crippen LogP contribution is 2.33. The maximum Gasteiger partial charge on any atom is 0.260 e. The van der Waals surface area contributed by atoms with E-state index in [4.69, 9.17) is 11.6 Å². The van der Waals surface area contributed by atoms with Crippen LogP contribution in [0.1, 0.15) is 36.0 Å². The molecule has 4 rings (SSSR count). The van der Waals surface area contributed by atoms with Crippen LogP contribution in [-0.4, -0.2) is 68.8 Å². The van der Waals surface area contributed by atoms with Crippen molar-refractivity contribution >= 4 is 54.2 Å². The summed E-state index contributed by atoms with van der Waals surface area (Å²) in [5.41, 5.74) is 1.10. The zero-order chi connectivity index (χ0) is 24.3. The van der Waals surface area contributed by atoms with Gasteiger partial charge in [0.15, 0.2) is 5.13 Å². The fraction of sp³-hybridized carbons (Fsp3) is 0.417. The lowest BCUT2D eigenvalue weighted by molar-refractivity contribution is 0.0986. The maximum absolute atomic E-state index is 13.5. The molecule has 0 radical (unpaired) electrons. The van der Waals surface area contributed by atoms with E-state index >= 15 is 0 Å². The van der Waals surface area contributed by atoms with Crippen LogP contribution in [0.25, 0.3) is 10.2 Å². The Labute approximate surface area is 210 Å². The molecule has 1 amide bonds. The van der Waals surface area contributed by atoms with Crippen molar-refractivity contribution in [3.8, 4) is 0 Å². The topological polar surface area (TPSA) is 73.8 Å². The number of rotatable bonds is 8. The highest BCUT2D eigenvalue weighted by atomic mass is 35.5. The van der Waals surface area contributed by atoms with Crippen molar-refractivity contribution in [2.24, 2.45) is 0 Å². The van der Waals surface area contributed by atoms with Crippen LogP contribution in [0.4, 0.5) is 5.13 Å². The minimum atomic E-state index is -3.54. The molecule has 182 valence electrons. The largest absolute Gasteiger partial charge is 0.309 e. The van der Waals surface area contributed by atoms with Gasteiger partial charge in [-0.2, -0.15) is 4.31 Å². The molecule has 10 heteroatoms. The molecule has 0 aliphatic carbocycles. The summed E-state index contributed by atoms with van der Waals surface area (Å²) in [6.07, 6.45) is 3.58. The number of carbonyl (C=O) groups excluding carboxylic acids is 1. The average Bonchev–Trinajstić information content (AvgIpc) is 3.27. The fourth-order valence-electron chi connectivity index (χ4n) is 4.03. The first-order chi connectivity index (χ1) is 16.3. The van der Waals surface area contributed by atoms with E-state index in [-0.39, 0.29) is 10.8 Å². The van der Waals surface area contributed by atoms with Crippen molar-refractivity contribution in [1.29, 1.82) is 0 Å². The van der Waals surface area contributed by atoms with E-state index in [0.29, 0.717) is 40.9 Å². The second-order valence-corrected chi connectivity index (χ2v) is 12.0. The Morgan fingerprint density at radius 1 is 1.06 bits per heavy atom. The van der Waals surface area contributed by atoms with Crippen molar-refractivity contribution in [1.82, 2.24) is 14.2 Å². The van der Waals surface area contributed by atoms with E-state index in [1.165, 1.54) is 27.8 Å². The molecule has 1 saturated heterocycles. The van der Waals surface area contributed by atoms with Gasteiger partial charge in [0.25, 0.3) is 5.91 Å². The van der Waals surface area contributed by atoms with Gasteiger partial charge in [0, 0.05) is 25.2 Å². The molecule has 0 saturated carbocycles. The number of carbonyl (C=O) groups is 1. The van der Waals surface area contributed by atoms with Crippen LogP contribution in [0.2, 0.25) is 5.02 Å². The number of sulfonamides is 1. The number of anilines is 1. The minimum Gasteiger partial charge on any atom is -0.309 e. The third-order valence-electron chi connectivity index (χ3n) is 5.88. The number of para-hydroxylation sites is 1. The van der Waals surface area contributed by atoms with Crippen LogP contribution >= 0.6 is 22.9 Å². The van der Waals surface area contributed by atoms with Gasteiger partial charge in [-0.3, -0.25) is 9.69 Å². The van der Waals surface area contributed by atoms with Gasteiger partial charge in [-0.05, 0) is 76.3 Å². The fourth-order valence-corrected chi connectivity index (χ4v) is 6.83. The van der Waals surface area contributed by atoms with Crippen LogP contribution < -0.4 is 4.90 Å². The molecule has 1 aliphatic rings. The van der Waals surface area contributed by atoms with Crippen LogP contribution in [0.5, 0.6) is 0 Å². The minimum absolute atomic E-state index is 0.212. The molecule has 1 aromatic heterocycles. The first-order valence-electron chi connectivity index (χ1n) is 11.4. The first-order valence-corrected chi connectivity index (χ1v) is 14.0. The number of nitrogens with zero attached hydrogens (tertiary/aromatic N) is 4. The monoisotopic (exact) mass is 520 g/mol. The summed E-state index contributed by atoms with van der Waals surface area (Å²) in [7, 11) is 0.438. The van der Waals surface area contributed by atoms with Crippen LogP contribution in [0, 0.1) is 0 Å². The van der Waals surface area contributed by atoms with E-state index in [1.807, 2.05) is 26.2 Å². The lowest BCUT2D eigenvalue weighted by Gasteiger charge is -2.26. The molecule has 0 bridgehead atoms. The molecule has 7 nitrogen and oxygen atoms in total. The number of halogens is 1. The Kier molecular flexibility index (Phi) is 7.89. The average molecular weight is 521 g/mol. The number of amides is 1. The van der Waals surface area contributed by atoms with Crippen molar-refractivity contribution in [3.63, 3.8) is 0 Å². The molecule has 1 aliphatic heterocycles. The van der Waals surface area contributed by atoms with Crippen LogP contribution in [0.15, 0.2) is 47.4 Å². The summed E-state index contributed by atoms with van der Waals surface area (Å²) < 4.78 is 28.4. The summed E-state index contributed by atoms with van der Waals surface area (Å²) in [6.45, 7) is 2.40. The SMILES string of the molecule is CN(C)CCCN(C(=O)c1ccc(S(=O)(=O)N2CCCCC2)cc1)c1nc2c(Cl)cccc2s1. The second kappa shape index (κ2) is 10.7. The second-order valence-electron chi connectivity index (χ2n) is 8.69. The Hall–Kier alpha value is -2.04. The molecule has 0 unspecified atom stereocenters. The standard InChI is InChI=1S/C24H29ClN4O3S2/c1-27(2)14-7-17-29(24-26-22-20(25)8-6-9-21(22)33-24)23(30)18-10-12-19(13-11-18)34(31,32)28-15-4-3-5-16-28/h6,8-13H,3-5,7,14-17H2,1-2H3. The Morgan fingerprint density at radius 2 is 1.76 bits per heavy atom. The third-order valence-corrected chi connectivity index (χ3v) is 9.14. The maximum atomic E-state index is 13.5. The number of benzene rings is 2. The molecule has 2 heterocycles. The van der Waals surface area contributed by atoms with Gasteiger partial charge in [-0.1, -0.05) is 35.4 Å². The number of piperidine rings is 1. The predicted molar refractivity (Wildman–Crippen MR) is 139 cm³/mol. The Balaban J connectivity index is 1.60. The van der Waals surface area contributed by atoms with E-state index < -0.39 is 10.0 Å². The van der Waals surface area contributed by atoms with Crippen molar-refractivity contribution < 1.29 is 13.2 Å². The van der Waals surface area contributed by atoms with Crippen molar-refractivity contribution in [2.75, 3.05) is 45.2 Å². The number of hydrogen-bond acceptors (Lipinski definition) is 6. The highest BCUT2D eigenvalue weighted by Gasteiger charge is 2.27. The molecular weight excluding hydrogens is 492 g/mol. The molecule has 0 spiro atoms. The van der Waals surface area contributed by atoms with Crippen LogP contribution in [-0.2, 0) is 10.0 Å². The highest BCUT2D eigenvalue weighted by molar-refractivity contribution is 7.89. The molecule has 0 atom stereocenters. The zero-order valence-electron chi connectivity index (χ0n) is 19.4. The number of hydrogen-bond donors (Lipinski definition) is 0. The Morgan fingerprint density at radius 3 is 2.41 bits per heavy atom. The number of aromatic nitrogens is 1. The summed E-state index contributed by atoms with van der Waals surface area (Å²) in [5.74, 6) is -0.212. The van der Waals surface area contributed by atoms with E-state index in [1.54, 1.807) is 23.1 Å². The quantitative estimate of drug-likeness (QED) is 0.429. The van der Waals surface area contributed by atoms with Gasteiger partial charge in [0.1, 0.15) is 5.52 Å². The predicted octanol–water partition coefficient (Wildman–Crippen LogP) is 4.72. The van der Waals surface area contributed by atoms with E-state index in [9.17, 15) is 13.2 Å². The number of fused-ring (bicyclic) bond motifs is 1. The number of thiazole rings is 1. The van der Waals surface area contributed by atoms with Gasteiger partial charge < -0.3 is 4.90 Å². The first kappa shape index (κ1) is 25.1. The molecule has 1 fully saturated rings. The van der Waals surface area contributed by atoms with E-state index in [2.05, 4.69) is 9.88 Å². The van der Waals surface area contributed by atoms with Gasteiger partial charge in [-0.15, -0.1) is 0 Å². The Bertz CT molecular complexity index is 1250. The van der Waals surface area contributed by atoms with Crippen molar-refractivity contribution in [3.05, 3.63) is 53.1 Å². The summed E-state index contributed by atoms with van der Waals surface area (Å²) in [4.78, 5) is 22.1. The van der Waals surface area contributed by atoms with Gasteiger partial charge in [0.2, 0.25) is 10.0 Å². The molecule has 34 heavy (non-hydrogen) atoms. The van der Waals surface area contributed by atoms with Gasteiger partial charge in [-0.25, -0.2) is 13.4 Å². The third kappa shape index (κ3) is 5.44. The molecule has 0 N–H and O–H groups in total. The molecule has 3 aromatic rings. The van der Waals surface area contributed by atoms with E-state index in [0.717, 1.165) is 36.9 Å². The summed E-state index contributed by atoms with van der Waals surface area (Å²) in [6, 6.07) is 11.8. The lowest BCUT2D eigenvalue weighted by Crippen LogP contribution is -2.35. The lowest BCUT2D eigenvalue weighted by atomic mass is 10.2. The zero-order valence-corrected chi connectivity index (χ0v) is 21.8. The summed E-state index contributed by atoms with van der Waals surface area (Å²) >= 11 is 7.74. The summed E-state index contributed by atoms with van der Waals surface area (Å²) in [5, 5.41) is 1.13. The van der Waals surface area contributed by atoms with Gasteiger partial charge >= 0.3 is 0 Å². The van der Waals surface area contributed by atoms with Gasteiger partial charge in [0.05, 0.1) is 14.6 Å². The molecule has 2 aromatic carbocycles. The normalized spacial score (nSPS) is 15.2. The van der Waals surface area contributed by atoms with Crippen molar-refractivity contribution in [2.45, 2.75) is 30.6 Å². The smallest absolute Gasteiger partial charge is 0.260 e. The van der Waals surface area contributed by atoms with Crippen LogP contribution in [0.3, 0.4) is 0 Å².